The molecule has 0 bridgehead atoms. The van der Waals surface area contributed by atoms with Crippen LogP contribution in [0, 0.1) is 10.1 Å². The Kier molecular flexibility index (Phi) is 8.88. The number of methoxy groups -OCH3 is 1. The second kappa shape index (κ2) is 11.4. The lowest BCUT2D eigenvalue weighted by atomic mass is 10.1. The first-order chi connectivity index (χ1) is 15.2. The number of carbonyl (C=O) groups is 1. The van der Waals surface area contributed by atoms with Gasteiger partial charge in [-0.1, -0.05) is 24.8 Å². The van der Waals surface area contributed by atoms with Gasteiger partial charge in [0, 0.05) is 24.7 Å². The average molecular weight is 464 g/mol. The predicted octanol–water partition coefficient (Wildman–Crippen LogP) is 2.16. The molecular weight excluding hydrogens is 438 g/mol. The molecule has 11 heteroatoms. The minimum absolute atomic E-state index is 0.0835. The number of nitrogens with zero attached hydrogens (tertiary/aromatic N) is 1. The number of esters is 1. The number of nitrogens with one attached hydrogen (secondary N) is 2. The van der Waals surface area contributed by atoms with Gasteiger partial charge in [0.05, 0.1) is 16.9 Å². The van der Waals surface area contributed by atoms with E-state index < -0.39 is 33.0 Å². The van der Waals surface area contributed by atoms with E-state index in [9.17, 15) is 23.3 Å². The number of nitro benzene ring substituents is 1. The number of rotatable bonds is 12. The summed E-state index contributed by atoms with van der Waals surface area (Å²) >= 11 is 0. The number of ether oxygens (including phenoxy) is 2. The molecule has 0 amide bonds. The Morgan fingerprint density at radius 1 is 1.19 bits per heavy atom. The zero-order valence-electron chi connectivity index (χ0n) is 17.7. The molecule has 2 rings (SSSR count). The number of carbonyl (C=O) groups excluding carboxylic acids is 1. The molecule has 2 aromatic rings. The van der Waals surface area contributed by atoms with Gasteiger partial charge in [-0.3, -0.25) is 14.9 Å². The van der Waals surface area contributed by atoms with Crippen LogP contribution in [0.5, 0.6) is 5.75 Å². The van der Waals surface area contributed by atoms with E-state index in [1.807, 2.05) is 12.1 Å². The highest BCUT2D eigenvalue weighted by Gasteiger charge is 2.31. The number of sulfonamides is 1. The molecule has 0 heterocycles. The molecule has 2 atom stereocenters. The van der Waals surface area contributed by atoms with Crippen LogP contribution in [0.2, 0.25) is 0 Å². The average Bonchev–Trinajstić information content (AvgIpc) is 2.79. The molecule has 0 aromatic heterocycles. The van der Waals surface area contributed by atoms with Crippen molar-refractivity contribution in [2.24, 2.45) is 0 Å². The molecule has 0 unspecified atom stereocenters. The Morgan fingerprint density at radius 3 is 2.34 bits per heavy atom. The molecule has 0 fully saturated rings. The van der Waals surface area contributed by atoms with Crippen molar-refractivity contribution in [3.63, 3.8) is 0 Å². The molecule has 0 spiro atoms. The van der Waals surface area contributed by atoms with E-state index in [1.54, 1.807) is 26.2 Å². The van der Waals surface area contributed by atoms with Gasteiger partial charge in [-0.25, -0.2) is 8.42 Å². The molecule has 0 aliphatic heterocycles. The molecule has 10 nitrogen and oxygen atoms in total. The molecule has 172 valence electrons. The summed E-state index contributed by atoms with van der Waals surface area (Å²) in [7, 11) is -2.60. The fourth-order valence-corrected chi connectivity index (χ4v) is 3.97. The van der Waals surface area contributed by atoms with Crippen molar-refractivity contribution in [1.29, 1.82) is 0 Å². The first-order valence-electron chi connectivity index (χ1n) is 9.58. The van der Waals surface area contributed by atoms with E-state index in [0.29, 0.717) is 12.3 Å². The summed E-state index contributed by atoms with van der Waals surface area (Å²) in [4.78, 5) is 22.5. The summed E-state index contributed by atoms with van der Waals surface area (Å²) in [5.74, 6) is -0.0892. The van der Waals surface area contributed by atoms with Crippen LogP contribution >= 0.6 is 0 Å². The highest BCUT2D eigenvalue weighted by Crippen LogP contribution is 2.17. The van der Waals surface area contributed by atoms with Crippen LogP contribution in [0.4, 0.5) is 5.69 Å². The molecule has 2 aromatic carbocycles. The lowest BCUT2D eigenvalue weighted by Gasteiger charge is -2.24. The zero-order chi connectivity index (χ0) is 23.7. The third-order valence-corrected chi connectivity index (χ3v) is 5.98. The van der Waals surface area contributed by atoms with Gasteiger partial charge in [0.15, 0.2) is 0 Å². The maximum atomic E-state index is 12.8. The second-order valence-corrected chi connectivity index (χ2v) is 8.50. The van der Waals surface area contributed by atoms with Gasteiger partial charge in [-0.2, -0.15) is 4.72 Å². The topological polar surface area (TPSA) is 137 Å². The first kappa shape index (κ1) is 25.0. The van der Waals surface area contributed by atoms with E-state index in [0.717, 1.165) is 29.8 Å². The highest BCUT2D eigenvalue weighted by molar-refractivity contribution is 7.89. The Morgan fingerprint density at radius 2 is 1.81 bits per heavy atom. The fraction of sp³-hybridized carbons (Fsp3) is 0.286. The Bertz CT molecular complexity index is 1040. The maximum absolute atomic E-state index is 12.8. The summed E-state index contributed by atoms with van der Waals surface area (Å²) in [5.41, 5.74) is 0.648. The normalized spacial score (nSPS) is 13.1. The third kappa shape index (κ3) is 6.87. The van der Waals surface area contributed by atoms with E-state index >= 15 is 0 Å². The molecule has 0 aliphatic rings. The van der Waals surface area contributed by atoms with Crippen molar-refractivity contribution < 1.29 is 27.6 Å². The lowest BCUT2D eigenvalue weighted by molar-refractivity contribution is -0.384. The van der Waals surface area contributed by atoms with Crippen LogP contribution in [0.1, 0.15) is 12.5 Å². The van der Waals surface area contributed by atoms with Gasteiger partial charge >= 0.3 is 5.97 Å². The summed E-state index contributed by atoms with van der Waals surface area (Å²) in [5, 5.41) is 13.9. The summed E-state index contributed by atoms with van der Waals surface area (Å²) in [6.07, 6.45) is 1.37. The third-order valence-electron chi connectivity index (χ3n) is 4.52. The Labute approximate surface area is 186 Å². The first-order valence-corrected chi connectivity index (χ1v) is 11.1. The highest BCUT2D eigenvalue weighted by atomic mass is 32.2. The fourth-order valence-electron chi connectivity index (χ4n) is 2.71. The largest absolute Gasteiger partial charge is 0.497 e. The van der Waals surface area contributed by atoms with Gasteiger partial charge in [0.25, 0.3) is 5.69 Å². The quantitative estimate of drug-likeness (QED) is 0.211. The number of benzene rings is 2. The van der Waals surface area contributed by atoms with Crippen LogP contribution in [0.3, 0.4) is 0 Å². The molecule has 2 N–H and O–H groups in total. The molecule has 0 radical (unpaired) electrons. The van der Waals surface area contributed by atoms with Crippen molar-refractivity contribution in [1.82, 2.24) is 10.0 Å². The maximum Gasteiger partial charge on any atom is 0.326 e. The number of non-ortho nitro benzene ring substituents is 1. The monoisotopic (exact) mass is 463 g/mol. The van der Waals surface area contributed by atoms with Gasteiger partial charge in [-0.15, -0.1) is 0 Å². The van der Waals surface area contributed by atoms with Gasteiger partial charge in [0.1, 0.15) is 18.4 Å². The summed E-state index contributed by atoms with van der Waals surface area (Å²) in [6, 6.07) is 9.69. The van der Waals surface area contributed by atoms with Crippen molar-refractivity contribution in [2.75, 3.05) is 13.7 Å². The van der Waals surface area contributed by atoms with Gasteiger partial charge < -0.3 is 14.8 Å². The number of hydrogen-bond donors (Lipinski definition) is 2. The minimum atomic E-state index is -4.16. The lowest BCUT2D eigenvalue weighted by Crippen LogP contribution is -2.53. The summed E-state index contributed by atoms with van der Waals surface area (Å²) < 4.78 is 38.1. The smallest absolute Gasteiger partial charge is 0.326 e. The minimum Gasteiger partial charge on any atom is -0.497 e. The van der Waals surface area contributed by atoms with Gasteiger partial charge in [-0.05, 0) is 36.8 Å². The van der Waals surface area contributed by atoms with Crippen LogP contribution in [0.25, 0.3) is 0 Å². The van der Waals surface area contributed by atoms with Crippen molar-refractivity contribution in [2.45, 2.75) is 30.4 Å². The number of hydrogen-bond acceptors (Lipinski definition) is 8. The van der Waals surface area contributed by atoms with E-state index in [-0.39, 0.29) is 17.2 Å². The van der Waals surface area contributed by atoms with Crippen LogP contribution in [-0.2, 0) is 26.1 Å². The Balaban J connectivity index is 2.17. The second-order valence-electron chi connectivity index (χ2n) is 6.79. The van der Waals surface area contributed by atoms with E-state index in [4.69, 9.17) is 9.47 Å². The van der Waals surface area contributed by atoms with Crippen LogP contribution in [0.15, 0.2) is 66.1 Å². The van der Waals surface area contributed by atoms with Crippen LogP contribution in [-0.4, -0.2) is 45.1 Å². The summed E-state index contributed by atoms with van der Waals surface area (Å²) in [6.45, 7) is 5.39. The Hall–Kier alpha value is -3.28. The predicted molar refractivity (Wildman–Crippen MR) is 118 cm³/mol. The zero-order valence-corrected chi connectivity index (χ0v) is 18.5. The SMILES string of the molecule is C=CCOC(=O)[C@@H](NS(=O)(=O)c1ccc([N+](=O)[O-])cc1)[C@@H](C)NCc1ccc(OC)cc1. The standard InChI is InChI=1S/C21H25N3O7S/c1-4-13-31-21(25)20(15(2)22-14-16-5-9-18(30-3)10-6-16)23-32(28,29)19-11-7-17(8-12-19)24(26)27/h4-12,15,20,22-23H,1,13-14H2,2-3H3/t15-,20+/m1/s1. The van der Waals surface area contributed by atoms with Crippen molar-refractivity contribution in [3.05, 3.63) is 76.9 Å². The van der Waals surface area contributed by atoms with E-state index in [2.05, 4.69) is 16.6 Å². The van der Waals surface area contributed by atoms with Crippen molar-refractivity contribution >= 4 is 21.7 Å². The number of nitro groups is 1. The molecule has 0 aliphatic carbocycles. The molecule has 32 heavy (non-hydrogen) atoms. The molecule has 0 saturated heterocycles. The molecule has 0 saturated carbocycles. The van der Waals surface area contributed by atoms with Crippen molar-refractivity contribution in [3.8, 4) is 5.75 Å². The van der Waals surface area contributed by atoms with E-state index in [1.165, 1.54) is 6.08 Å². The molecular formula is C21H25N3O7S. The van der Waals surface area contributed by atoms with Gasteiger partial charge in [0.2, 0.25) is 10.0 Å². The van der Waals surface area contributed by atoms with Crippen LogP contribution < -0.4 is 14.8 Å².